The van der Waals surface area contributed by atoms with Crippen molar-refractivity contribution in [2.75, 3.05) is 13.1 Å². The second-order valence-electron chi connectivity index (χ2n) is 11.2. The molecular weight excluding hydrogens is 652 g/mol. The number of hydrogen-bond donors (Lipinski definition) is 12. The zero-order valence-electron chi connectivity index (χ0n) is 27.6. The van der Waals surface area contributed by atoms with Crippen LogP contribution in [0, 0.1) is 0 Å². The fraction of sp³-hybridized carbons (Fsp3) is 0.679. The highest BCUT2D eigenvalue weighted by molar-refractivity contribution is 5.96. The number of rotatable bonds is 25. The molecule has 0 saturated heterocycles. The van der Waals surface area contributed by atoms with Crippen LogP contribution < -0.4 is 49.5 Å². The number of carbonyl (C=O) groups is 8. The van der Waals surface area contributed by atoms with Gasteiger partial charge in [-0.2, -0.15) is 0 Å². The maximum atomic E-state index is 13.3. The Balaban J connectivity index is 5.87. The molecule has 0 bridgehead atoms. The highest BCUT2D eigenvalue weighted by Crippen LogP contribution is 2.07. The Hall–Kier alpha value is -5.05. The van der Waals surface area contributed by atoms with Crippen LogP contribution in [-0.2, 0) is 38.4 Å². The predicted octanol–water partition coefficient (Wildman–Crippen LogP) is -4.23. The summed E-state index contributed by atoms with van der Waals surface area (Å²) in [6.45, 7) is 2.86. The van der Waals surface area contributed by atoms with Crippen LogP contribution in [0.5, 0.6) is 0 Å². The summed E-state index contributed by atoms with van der Waals surface area (Å²) in [5.74, 6) is -8.65. The highest BCUT2D eigenvalue weighted by Gasteiger charge is 2.31. The van der Waals surface area contributed by atoms with Crippen LogP contribution >= 0.6 is 0 Å². The zero-order chi connectivity index (χ0) is 37.7. The number of hydrogen-bond acceptors (Lipinski definition) is 11. The van der Waals surface area contributed by atoms with E-state index in [2.05, 4.69) is 31.6 Å². The average Bonchev–Trinajstić information content (AvgIpc) is 3.01. The van der Waals surface area contributed by atoms with Gasteiger partial charge < -0.3 is 64.8 Å². The molecule has 0 aliphatic heterocycles. The molecule has 0 aliphatic rings. The Morgan fingerprint density at radius 1 is 0.592 bits per heavy atom. The van der Waals surface area contributed by atoms with Crippen molar-refractivity contribution >= 4 is 53.4 Å². The predicted molar refractivity (Wildman–Crippen MR) is 173 cm³/mol. The monoisotopic (exact) mass is 702 g/mol. The van der Waals surface area contributed by atoms with Gasteiger partial charge in [0.15, 0.2) is 5.96 Å². The van der Waals surface area contributed by atoms with Crippen LogP contribution in [0.4, 0.5) is 0 Å². The van der Waals surface area contributed by atoms with E-state index in [4.69, 9.17) is 33.1 Å². The van der Waals surface area contributed by atoms with Crippen LogP contribution in [-0.4, -0.2) is 118 Å². The Morgan fingerprint density at radius 3 is 1.51 bits per heavy atom. The quantitative estimate of drug-likeness (QED) is 0.0244. The molecule has 0 saturated carbocycles. The van der Waals surface area contributed by atoms with E-state index in [0.29, 0.717) is 19.4 Å². The molecule has 5 amide bonds. The molecule has 0 aliphatic carbocycles. The van der Waals surface area contributed by atoms with E-state index in [1.54, 1.807) is 0 Å². The van der Waals surface area contributed by atoms with E-state index in [-0.39, 0.29) is 31.8 Å². The molecule has 0 aromatic heterocycles. The topological polar surface area (TPSA) is 374 Å². The molecule has 6 unspecified atom stereocenters. The number of unbranched alkanes of at least 4 members (excludes halogenated alkanes) is 1. The molecular formula is C28H50N10O11. The van der Waals surface area contributed by atoms with Crippen molar-refractivity contribution in [2.24, 2.45) is 27.9 Å². The molecule has 0 aromatic rings. The van der Waals surface area contributed by atoms with Gasteiger partial charge in [-0.3, -0.25) is 43.3 Å². The summed E-state index contributed by atoms with van der Waals surface area (Å²) in [7, 11) is 0. The molecule has 278 valence electrons. The van der Waals surface area contributed by atoms with Crippen LogP contribution in [0.2, 0.25) is 0 Å². The number of guanidine groups is 1. The normalized spacial score (nSPS) is 14.4. The molecule has 0 radical (unpaired) electrons. The van der Waals surface area contributed by atoms with Crippen molar-refractivity contribution < 1.29 is 53.7 Å². The van der Waals surface area contributed by atoms with Crippen molar-refractivity contribution in [1.82, 2.24) is 26.6 Å². The Morgan fingerprint density at radius 2 is 1.04 bits per heavy atom. The highest BCUT2D eigenvalue weighted by atomic mass is 16.4. The minimum Gasteiger partial charge on any atom is -0.481 e. The SMILES string of the molecule is CC(NC(=O)C(CCC(=O)O)NC(=O)C(C)NC(=O)C(CCC(=O)O)NC(=O)C(CCCN=C(N)N)NC(=O)C(N)CCCCN)C(=O)O. The molecule has 21 nitrogen and oxygen atoms in total. The third-order valence-electron chi connectivity index (χ3n) is 6.93. The minimum absolute atomic E-state index is 0.00373. The summed E-state index contributed by atoms with van der Waals surface area (Å²) in [6.07, 6.45) is -0.304. The lowest BCUT2D eigenvalue weighted by Crippen LogP contribution is -2.58. The first-order valence-corrected chi connectivity index (χ1v) is 15.6. The Labute approximate surface area is 282 Å². The summed E-state index contributed by atoms with van der Waals surface area (Å²) in [5.41, 5.74) is 22.1. The number of nitrogens with two attached hydrogens (primary N) is 4. The van der Waals surface area contributed by atoms with Crippen LogP contribution in [0.1, 0.15) is 71.6 Å². The van der Waals surface area contributed by atoms with Gasteiger partial charge in [0.05, 0.1) is 6.04 Å². The van der Waals surface area contributed by atoms with E-state index >= 15 is 0 Å². The molecule has 0 fully saturated rings. The Bertz CT molecular complexity index is 1200. The second kappa shape index (κ2) is 23.3. The van der Waals surface area contributed by atoms with Gasteiger partial charge in [0.1, 0.15) is 30.2 Å². The van der Waals surface area contributed by atoms with Gasteiger partial charge in [0.25, 0.3) is 0 Å². The fourth-order valence-corrected chi connectivity index (χ4v) is 4.09. The summed E-state index contributed by atoms with van der Waals surface area (Å²) in [6, 6.07) is -7.99. The van der Waals surface area contributed by atoms with Gasteiger partial charge in [0, 0.05) is 19.4 Å². The number of carbonyl (C=O) groups excluding carboxylic acids is 5. The maximum Gasteiger partial charge on any atom is 0.325 e. The molecule has 0 aromatic carbocycles. The van der Waals surface area contributed by atoms with Crippen molar-refractivity contribution in [3.8, 4) is 0 Å². The molecule has 16 N–H and O–H groups in total. The van der Waals surface area contributed by atoms with E-state index < -0.39 is 109 Å². The standard InChI is InChI=1S/C28H50N10O11/c1-14(22(43)36-18(8-10-20(39)40)25(46)35-15(2)27(48)49)34-24(45)19(9-11-21(41)42)38-26(47)17(7-5-13-33-28(31)32)37-23(44)16(30)6-3-4-12-29/h14-19H,3-13,29-30H2,1-2H3,(H,34,45)(H,35,46)(H,36,43)(H,37,44)(H,38,47)(H,39,40)(H,41,42)(H,48,49)(H4,31,32,33). The van der Waals surface area contributed by atoms with Crippen LogP contribution in [0.15, 0.2) is 4.99 Å². The van der Waals surface area contributed by atoms with Crippen molar-refractivity contribution in [3.05, 3.63) is 0 Å². The average molecular weight is 703 g/mol. The van der Waals surface area contributed by atoms with Gasteiger partial charge in [-0.25, -0.2) is 0 Å². The number of nitrogens with one attached hydrogen (secondary N) is 5. The summed E-state index contributed by atoms with van der Waals surface area (Å²) >= 11 is 0. The lowest BCUT2D eigenvalue weighted by atomic mass is 10.1. The molecule has 0 spiro atoms. The number of amides is 5. The van der Waals surface area contributed by atoms with E-state index in [9.17, 15) is 43.5 Å². The van der Waals surface area contributed by atoms with Crippen LogP contribution in [0.25, 0.3) is 0 Å². The minimum atomic E-state index is -1.52. The number of carboxylic acids is 3. The van der Waals surface area contributed by atoms with E-state index in [0.717, 1.165) is 6.92 Å². The van der Waals surface area contributed by atoms with E-state index in [1.807, 2.05) is 0 Å². The third-order valence-corrected chi connectivity index (χ3v) is 6.93. The first kappa shape index (κ1) is 43.9. The fourth-order valence-electron chi connectivity index (χ4n) is 4.09. The molecule has 21 heteroatoms. The molecule has 0 heterocycles. The summed E-state index contributed by atoms with van der Waals surface area (Å²) in [4.78, 5) is 102. The van der Waals surface area contributed by atoms with Crippen molar-refractivity contribution in [3.63, 3.8) is 0 Å². The maximum absolute atomic E-state index is 13.3. The molecule has 0 rings (SSSR count). The number of aliphatic carboxylic acids is 3. The lowest BCUT2D eigenvalue weighted by Gasteiger charge is -2.25. The van der Waals surface area contributed by atoms with Gasteiger partial charge in [0.2, 0.25) is 29.5 Å². The lowest BCUT2D eigenvalue weighted by molar-refractivity contribution is -0.142. The van der Waals surface area contributed by atoms with E-state index in [1.165, 1.54) is 6.92 Å². The summed E-state index contributed by atoms with van der Waals surface area (Å²) < 4.78 is 0. The molecule has 49 heavy (non-hydrogen) atoms. The largest absolute Gasteiger partial charge is 0.481 e. The van der Waals surface area contributed by atoms with Crippen LogP contribution in [0.3, 0.4) is 0 Å². The van der Waals surface area contributed by atoms with Gasteiger partial charge in [-0.05, 0) is 58.9 Å². The van der Waals surface area contributed by atoms with Gasteiger partial charge in [-0.1, -0.05) is 6.42 Å². The Kier molecular flexibility index (Phi) is 20.9. The first-order valence-electron chi connectivity index (χ1n) is 15.6. The third kappa shape index (κ3) is 19.4. The number of nitrogens with zero attached hydrogens (tertiary/aromatic N) is 1. The van der Waals surface area contributed by atoms with Crippen molar-refractivity contribution in [2.45, 2.75) is 108 Å². The van der Waals surface area contributed by atoms with Gasteiger partial charge >= 0.3 is 17.9 Å². The smallest absolute Gasteiger partial charge is 0.325 e. The van der Waals surface area contributed by atoms with Crippen molar-refractivity contribution in [1.29, 1.82) is 0 Å². The first-order chi connectivity index (χ1) is 22.9. The number of carboxylic acid groups (broad SMARTS) is 3. The van der Waals surface area contributed by atoms with Gasteiger partial charge in [-0.15, -0.1) is 0 Å². The zero-order valence-corrected chi connectivity index (χ0v) is 27.6. The molecule has 6 atom stereocenters. The summed E-state index contributed by atoms with van der Waals surface area (Å²) in [5, 5.41) is 38.9. The number of aliphatic imine (C=N–C) groups is 1. The second-order valence-corrected chi connectivity index (χ2v) is 11.2.